The molecule has 136 valence electrons. The topological polar surface area (TPSA) is 59.4 Å². The van der Waals surface area contributed by atoms with E-state index < -0.39 is 5.97 Å². The van der Waals surface area contributed by atoms with E-state index in [-0.39, 0.29) is 5.69 Å². The van der Waals surface area contributed by atoms with E-state index in [1.807, 2.05) is 91.0 Å². The first-order valence-electron chi connectivity index (χ1n) is 8.83. The Balaban J connectivity index is 1.68. The van der Waals surface area contributed by atoms with Crippen LogP contribution in [-0.4, -0.2) is 16.1 Å². The Labute approximate surface area is 162 Å². The second-order valence-electron chi connectivity index (χ2n) is 6.24. The number of pyridine rings is 1. The number of carboxylic acid groups (broad SMARTS) is 1. The summed E-state index contributed by atoms with van der Waals surface area (Å²) in [6, 6.07) is 30.1. The average molecular weight is 367 g/mol. The molecule has 0 radical (unpaired) electrons. The molecular weight excluding hydrogens is 350 g/mol. The van der Waals surface area contributed by atoms with Gasteiger partial charge in [-0.3, -0.25) is 0 Å². The van der Waals surface area contributed by atoms with Crippen molar-refractivity contribution in [1.29, 1.82) is 0 Å². The van der Waals surface area contributed by atoms with Crippen LogP contribution in [0, 0.1) is 0 Å². The molecule has 4 aromatic rings. The molecule has 1 N–H and O–H groups in total. The van der Waals surface area contributed by atoms with Crippen LogP contribution in [0.5, 0.6) is 11.5 Å². The fourth-order valence-electron chi connectivity index (χ4n) is 2.90. The normalized spacial score (nSPS) is 10.4. The van der Waals surface area contributed by atoms with Gasteiger partial charge < -0.3 is 9.84 Å². The first-order valence-corrected chi connectivity index (χ1v) is 8.83. The third kappa shape index (κ3) is 3.91. The average Bonchev–Trinajstić information content (AvgIpc) is 2.75. The van der Waals surface area contributed by atoms with E-state index >= 15 is 0 Å². The van der Waals surface area contributed by atoms with Crippen LogP contribution in [0.15, 0.2) is 97.1 Å². The first-order chi connectivity index (χ1) is 13.7. The van der Waals surface area contributed by atoms with Gasteiger partial charge in [-0.1, -0.05) is 60.7 Å². The van der Waals surface area contributed by atoms with E-state index in [2.05, 4.69) is 4.98 Å². The van der Waals surface area contributed by atoms with E-state index in [0.29, 0.717) is 11.4 Å². The fraction of sp³-hybridized carbons (Fsp3) is 0. The summed E-state index contributed by atoms with van der Waals surface area (Å²) in [5.41, 5.74) is 3.19. The summed E-state index contributed by atoms with van der Waals surface area (Å²) in [7, 11) is 0. The summed E-state index contributed by atoms with van der Waals surface area (Å²) in [5.74, 6) is 0.424. The summed E-state index contributed by atoms with van der Waals surface area (Å²) in [6.45, 7) is 0. The van der Waals surface area contributed by atoms with Gasteiger partial charge >= 0.3 is 5.97 Å². The Bertz CT molecular complexity index is 1090. The lowest BCUT2D eigenvalue weighted by Crippen LogP contribution is -2.02. The van der Waals surface area contributed by atoms with E-state index in [9.17, 15) is 9.90 Å². The maximum atomic E-state index is 11.5. The maximum Gasteiger partial charge on any atom is 0.354 e. The Kier molecular flexibility index (Phi) is 4.85. The van der Waals surface area contributed by atoms with E-state index in [1.54, 1.807) is 6.07 Å². The van der Waals surface area contributed by atoms with E-state index in [4.69, 9.17) is 4.74 Å². The molecule has 0 aliphatic carbocycles. The summed E-state index contributed by atoms with van der Waals surface area (Å²) in [4.78, 5) is 15.8. The molecule has 0 unspecified atom stereocenters. The molecule has 0 amide bonds. The largest absolute Gasteiger partial charge is 0.477 e. The third-order valence-corrected chi connectivity index (χ3v) is 4.28. The number of nitrogens with zero attached hydrogens (tertiary/aromatic N) is 1. The van der Waals surface area contributed by atoms with Gasteiger partial charge in [0.1, 0.15) is 17.2 Å². The molecule has 4 nitrogen and oxygen atoms in total. The van der Waals surface area contributed by atoms with Crippen LogP contribution in [0.2, 0.25) is 0 Å². The van der Waals surface area contributed by atoms with Crippen LogP contribution in [0.3, 0.4) is 0 Å². The van der Waals surface area contributed by atoms with Gasteiger partial charge in [-0.05, 0) is 47.5 Å². The maximum absolute atomic E-state index is 11.5. The summed E-state index contributed by atoms with van der Waals surface area (Å²) in [5, 5.41) is 9.45. The van der Waals surface area contributed by atoms with Crippen molar-refractivity contribution in [1.82, 2.24) is 4.98 Å². The molecule has 0 fully saturated rings. The number of rotatable bonds is 5. The fourth-order valence-corrected chi connectivity index (χ4v) is 2.90. The van der Waals surface area contributed by atoms with Crippen LogP contribution in [0.4, 0.5) is 0 Å². The summed E-state index contributed by atoms with van der Waals surface area (Å²) in [6.07, 6.45) is 0. The lowest BCUT2D eigenvalue weighted by molar-refractivity contribution is 0.0690. The monoisotopic (exact) mass is 367 g/mol. The van der Waals surface area contributed by atoms with Gasteiger partial charge in [-0.15, -0.1) is 0 Å². The predicted molar refractivity (Wildman–Crippen MR) is 109 cm³/mol. The van der Waals surface area contributed by atoms with Crippen molar-refractivity contribution >= 4 is 5.97 Å². The smallest absolute Gasteiger partial charge is 0.354 e. The number of hydrogen-bond donors (Lipinski definition) is 1. The molecular formula is C24H17NO3. The van der Waals surface area contributed by atoms with Crippen molar-refractivity contribution < 1.29 is 14.6 Å². The number of carbonyl (C=O) groups is 1. The van der Waals surface area contributed by atoms with Crippen LogP contribution < -0.4 is 4.74 Å². The molecule has 0 saturated carbocycles. The molecule has 0 saturated heterocycles. The number of aromatic carboxylic acids is 1. The number of para-hydroxylation sites is 1. The molecule has 0 bridgehead atoms. The minimum Gasteiger partial charge on any atom is -0.477 e. The quantitative estimate of drug-likeness (QED) is 0.477. The summed E-state index contributed by atoms with van der Waals surface area (Å²) >= 11 is 0. The minimum absolute atomic E-state index is 0.0148. The molecule has 0 aliphatic heterocycles. The zero-order chi connectivity index (χ0) is 19.3. The zero-order valence-corrected chi connectivity index (χ0v) is 14.9. The second kappa shape index (κ2) is 7.76. The molecule has 28 heavy (non-hydrogen) atoms. The van der Waals surface area contributed by atoms with Crippen molar-refractivity contribution in [2.45, 2.75) is 0 Å². The van der Waals surface area contributed by atoms with Gasteiger partial charge in [0.05, 0.1) is 5.69 Å². The zero-order valence-electron chi connectivity index (χ0n) is 14.9. The second-order valence-corrected chi connectivity index (χ2v) is 6.24. The van der Waals surface area contributed by atoms with Crippen molar-refractivity contribution in [3.05, 3.63) is 103 Å². The van der Waals surface area contributed by atoms with Gasteiger partial charge in [0.2, 0.25) is 0 Å². The molecule has 0 atom stereocenters. The van der Waals surface area contributed by atoms with Crippen LogP contribution in [-0.2, 0) is 0 Å². The first kappa shape index (κ1) is 17.5. The van der Waals surface area contributed by atoms with Crippen LogP contribution >= 0.6 is 0 Å². The summed E-state index contributed by atoms with van der Waals surface area (Å²) < 4.78 is 5.82. The number of hydrogen-bond acceptors (Lipinski definition) is 3. The minimum atomic E-state index is -1.05. The Morgan fingerprint density at radius 2 is 1.29 bits per heavy atom. The predicted octanol–water partition coefficient (Wildman–Crippen LogP) is 5.91. The molecule has 4 heteroatoms. The highest BCUT2D eigenvalue weighted by Gasteiger charge is 2.11. The lowest BCUT2D eigenvalue weighted by Gasteiger charge is -2.09. The van der Waals surface area contributed by atoms with Crippen molar-refractivity contribution in [3.63, 3.8) is 0 Å². The standard InChI is InChI=1S/C24H17NO3/c26-24(27)23-16-19(15-22(25-23)18-7-3-1-4-8-18)17-11-13-21(14-12-17)28-20-9-5-2-6-10-20/h1-16H,(H,26,27). The third-order valence-electron chi connectivity index (χ3n) is 4.28. The lowest BCUT2D eigenvalue weighted by atomic mass is 10.0. The SMILES string of the molecule is O=C(O)c1cc(-c2ccc(Oc3ccccc3)cc2)cc(-c2ccccc2)n1. The van der Waals surface area contributed by atoms with Crippen LogP contribution in [0.1, 0.15) is 10.5 Å². The van der Waals surface area contributed by atoms with Gasteiger partial charge in [-0.2, -0.15) is 0 Å². The number of benzene rings is 3. The van der Waals surface area contributed by atoms with Gasteiger partial charge in [0.15, 0.2) is 0 Å². The highest BCUT2D eigenvalue weighted by Crippen LogP contribution is 2.29. The van der Waals surface area contributed by atoms with E-state index in [0.717, 1.165) is 22.4 Å². The number of aromatic nitrogens is 1. The molecule has 4 rings (SSSR count). The van der Waals surface area contributed by atoms with Crippen LogP contribution in [0.25, 0.3) is 22.4 Å². The highest BCUT2D eigenvalue weighted by atomic mass is 16.5. The van der Waals surface area contributed by atoms with Gasteiger partial charge in [0, 0.05) is 5.56 Å². The molecule has 3 aromatic carbocycles. The van der Waals surface area contributed by atoms with Crippen molar-refractivity contribution in [2.75, 3.05) is 0 Å². The van der Waals surface area contributed by atoms with Crippen molar-refractivity contribution in [2.24, 2.45) is 0 Å². The Morgan fingerprint density at radius 1 is 0.679 bits per heavy atom. The molecule has 1 aromatic heterocycles. The van der Waals surface area contributed by atoms with Gasteiger partial charge in [0.25, 0.3) is 0 Å². The van der Waals surface area contributed by atoms with Gasteiger partial charge in [-0.25, -0.2) is 9.78 Å². The van der Waals surface area contributed by atoms with Crippen molar-refractivity contribution in [3.8, 4) is 33.9 Å². The highest BCUT2D eigenvalue weighted by molar-refractivity contribution is 5.88. The number of ether oxygens (including phenoxy) is 1. The Hall–Kier alpha value is -3.92. The Morgan fingerprint density at radius 3 is 1.93 bits per heavy atom. The molecule has 0 spiro atoms. The number of carboxylic acids is 1. The molecule has 1 heterocycles. The molecule has 0 aliphatic rings. The van der Waals surface area contributed by atoms with E-state index in [1.165, 1.54) is 0 Å².